The summed E-state index contributed by atoms with van der Waals surface area (Å²) in [5.41, 5.74) is 16.5. The maximum absolute atomic E-state index is 10.8. The monoisotopic (exact) mass is 185 g/mol. The number of carbonyl (C=O) groups is 1. The molecule has 1 rings (SSSR count). The first-order valence-electron chi connectivity index (χ1n) is 3.16. The van der Waals surface area contributed by atoms with E-state index in [0.29, 0.717) is 5.02 Å². The molecule has 0 aliphatic heterocycles. The minimum atomic E-state index is -0.637. The quantitative estimate of drug-likeness (QED) is 0.560. The van der Waals surface area contributed by atoms with Gasteiger partial charge in [-0.25, -0.2) is 0 Å². The van der Waals surface area contributed by atoms with Gasteiger partial charge in [0, 0.05) is 5.02 Å². The molecule has 0 aliphatic rings. The lowest BCUT2D eigenvalue weighted by atomic mass is 10.1. The van der Waals surface area contributed by atoms with Gasteiger partial charge in [-0.1, -0.05) is 11.6 Å². The summed E-state index contributed by atoms with van der Waals surface area (Å²) in [6, 6.07) is 2.85. The predicted octanol–water partition coefficient (Wildman–Crippen LogP) is 0.603. The van der Waals surface area contributed by atoms with E-state index in [-0.39, 0.29) is 16.9 Å². The Bertz CT molecular complexity index is 338. The molecule has 0 saturated heterocycles. The second-order valence-corrected chi connectivity index (χ2v) is 2.76. The van der Waals surface area contributed by atoms with Gasteiger partial charge >= 0.3 is 0 Å². The molecule has 0 unspecified atom stereocenters. The minimum Gasteiger partial charge on any atom is -0.397 e. The third kappa shape index (κ3) is 1.43. The normalized spacial score (nSPS) is 9.75. The number of benzene rings is 1. The zero-order valence-corrected chi connectivity index (χ0v) is 6.93. The molecule has 0 fully saturated rings. The van der Waals surface area contributed by atoms with E-state index in [4.69, 9.17) is 28.8 Å². The lowest BCUT2D eigenvalue weighted by Gasteiger charge is -2.04. The molecule has 1 aromatic rings. The maximum atomic E-state index is 10.8. The van der Waals surface area contributed by atoms with Crippen LogP contribution in [0.5, 0.6) is 0 Å². The molecule has 0 radical (unpaired) electrons. The standard InChI is InChI=1S/C7H8ClN3O/c8-3-1-4(7(11)12)6(10)5(9)2-3/h1-2H,9-10H2,(H2,11,12). The van der Waals surface area contributed by atoms with Gasteiger partial charge in [0.15, 0.2) is 0 Å². The zero-order valence-electron chi connectivity index (χ0n) is 6.17. The number of nitrogen functional groups attached to an aromatic ring is 2. The van der Waals surface area contributed by atoms with Crippen LogP contribution in [0.1, 0.15) is 10.4 Å². The largest absolute Gasteiger partial charge is 0.397 e. The predicted molar refractivity (Wildman–Crippen MR) is 48.8 cm³/mol. The highest BCUT2D eigenvalue weighted by atomic mass is 35.5. The van der Waals surface area contributed by atoms with Crippen LogP contribution in [0.25, 0.3) is 0 Å². The van der Waals surface area contributed by atoms with Crippen LogP contribution in [0, 0.1) is 0 Å². The van der Waals surface area contributed by atoms with Gasteiger partial charge in [-0.2, -0.15) is 0 Å². The van der Waals surface area contributed by atoms with Crippen LogP contribution in [-0.4, -0.2) is 5.91 Å². The Morgan fingerprint density at radius 1 is 1.33 bits per heavy atom. The summed E-state index contributed by atoms with van der Waals surface area (Å²) < 4.78 is 0. The summed E-state index contributed by atoms with van der Waals surface area (Å²) >= 11 is 5.62. The van der Waals surface area contributed by atoms with Crippen molar-refractivity contribution >= 4 is 28.9 Å². The topological polar surface area (TPSA) is 95.1 Å². The van der Waals surface area contributed by atoms with E-state index in [1.165, 1.54) is 12.1 Å². The maximum Gasteiger partial charge on any atom is 0.250 e. The minimum absolute atomic E-state index is 0.153. The molecule has 1 amide bonds. The average Bonchev–Trinajstić information content (AvgIpc) is 1.96. The number of halogens is 1. The van der Waals surface area contributed by atoms with Crippen LogP contribution in [-0.2, 0) is 0 Å². The van der Waals surface area contributed by atoms with Gasteiger partial charge in [-0.05, 0) is 12.1 Å². The van der Waals surface area contributed by atoms with Crippen LogP contribution < -0.4 is 17.2 Å². The fourth-order valence-electron chi connectivity index (χ4n) is 0.843. The third-order valence-electron chi connectivity index (χ3n) is 1.44. The van der Waals surface area contributed by atoms with Crippen LogP contribution in [0.2, 0.25) is 5.02 Å². The molecule has 4 nitrogen and oxygen atoms in total. The number of carbonyl (C=O) groups excluding carboxylic acids is 1. The van der Waals surface area contributed by atoms with Crippen molar-refractivity contribution < 1.29 is 4.79 Å². The van der Waals surface area contributed by atoms with E-state index in [2.05, 4.69) is 0 Å². The van der Waals surface area contributed by atoms with E-state index in [1.54, 1.807) is 0 Å². The van der Waals surface area contributed by atoms with E-state index in [9.17, 15) is 4.79 Å². The molecule has 0 atom stereocenters. The van der Waals surface area contributed by atoms with Crippen molar-refractivity contribution in [3.8, 4) is 0 Å². The SMILES string of the molecule is NC(=O)c1cc(Cl)cc(N)c1N. The summed E-state index contributed by atoms with van der Waals surface area (Å²) in [4.78, 5) is 10.8. The lowest BCUT2D eigenvalue weighted by molar-refractivity contribution is 0.100. The molecule has 0 bridgehead atoms. The van der Waals surface area contributed by atoms with E-state index >= 15 is 0 Å². The number of rotatable bonds is 1. The van der Waals surface area contributed by atoms with Crippen molar-refractivity contribution in [3.63, 3.8) is 0 Å². The first kappa shape index (κ1) is 8.67. The third-order valence-corrected chi connectivity index (χ3v) is 1.66. The number of hydrogen-bond acceptors (Lipinski definition) is 3. The number of anilines is 2. The van der Waals surface area contributed by atoms with Gasteiger partial charge in [0.05, 0.1) is 16.9 Å². The summed E-state index contributed by atoms with van der Waals surface area (Å²) in [7, 11) is 0. The molecule has 0 saturated carbocycles. The van der Waals surface area contributed by atoms with Gasteiger partial charge in [-0.3, -0.25) is 4.79 Å². The molecule has 0 spiro atoms. The molecule has 0 aliphatic carbocycles. The van der Waals surface area contributed by atoms with Crippen molar-refractivity contribution in [1.82, 2.24) is 0 Å². The number of hydrogen-bond donors (Lipinski definition) is 3. The summed E-state index contributed by atoms with van der Waals surface area (Å²) in [5, 5.41) is 0.343. The summed E-state index contributed by atoms with van der Waals surface area (Å²) in [5.74, 6) is -0.637. The van der Waals surface area contributed by atoms with Crippen LogP contribution in [0.4, 0.5) is 11.4 Å². The molecule has 0 heterocycles. The van der Waals surface area contributed by atoms with Crippen LogP contribution >= 0.6 is 11.6 Å². The molecule has 6 N–H and O–H groups in total. The number of amides is 1. The Kier molecular flexibility index (Phi) is 2.10. The van der Waals surface area contributed by atoms with Gasteiger partial charge in [0.2, 0.25) is 0 Å². The Morgan fingerprint density at radius 3 is 2.42 bits per heavy atom. The second-order valence-electron chi connectivity index (χ2n) is 2.32. The summed E-state index contributed by atoms with van der Waals surface area (Å²) in [6.45, 7) is 0. The number of primary amides is 1. The average molecular weight is 186 g/mol. The van der Waals surface area contributed by atoms with Crippen molar-refractivity contribution in [2.75, 3.05) is 11.5 Å². The first-order valence-corrected chi connectivity index (χ1v) is 3.54. The van der Waals surface area contributed by atoms with Crippen LogP contribution in [0.3, 0.4) is 0 Å². The fourth-order valence-corrected chi connectivity index (χ4v) is 1.07. The summed E-state index contributed by atoms with van der Waals surface area (Å²) in [6.07, 6.45) is 0. The van der Waals surface area contributed by atoms with E-state index in [1.807, 2.05) is 0 Å². The first-order chi connectivity index (χ1) is 5.52. The highest BCUT2D eigenvalue weighted by Gasteiger charge is 2.09. The van der Waals surface area contributed by atoms with Crippen molar-refractivity contribution in [2.45, 2.75) is 0 Å². The lowest BCUT2D eigenvalue weighted by Crippen LogP contribution is -2.14. The number of nitrogens with two attached hydrogens (primary N) is 3. The van der Waals surface area contributed by atoms with Crippen molar-refractivity contribution in [2.24, 2.45) is 5.73 Å². The zero-order chi connectivity index (χ0) is 9.30. The molecule has 12 heavy (non-hydrogen) atoms. The van der Waals surface area contributed by atoms with Gasteiger partial charge < -0.3 is 17.2 Å². The van der Waals surface area contributed by atoms with Gasteiger partial charge in [0.25, 0.3) is 5.91 Å². The molecule has 64 valence electrons. The van der Waals surface area contributed by atoms with Gasteiger partial charge in [-0.15, -0.1) is 0 Å². The highest BCUT2D eigenvalue weighted by Crippen LogP contribution is 2.24. The molecular formula is C7H8ClN3O. The fraction of sp³-hybridized carbons (Fsp3) is 0. The molecule has 1 aromatic carbocycles. The Balaban J connectivity index is 3.37. The molecule has 5 heteroatoms. The van der Waals surface area contributed by atoms with E-state index in [0.717, 1.165) is 0 Å². The Hall–Kier alpha value is -1.42. The highest BCUT2D eigenvalue weighted by molar-refractivity contribution is 6.31. The Morgan fingerprint density at radius 2 is 1.92 bits per heavy atom. The smallest absolute Gasteiger partial charge is 0.250 e. The molecule has 0 aromatic heterocycles. The van der Waals surface area contributed by atoms with Crippen molar-refractivity contribution in [1.29, 1.82) is 0 Å². The van der Waals surface area contributed by atoms with Gasteiger partial charge in [0.1, 0.15) is 0 Å². The Labute approximate surface area is 74.3 Å². The molecular weight excluding hydrogens is 178 g/mol. The second kappa shape index (κ2) is 2.91. The van der Waals surface area contributed by atoms with Crippen molar-refractivity contribution in [3.05, 3.63) is 22.7 Å². The van der Waals surface area contributed by atoms with Crippen LogP contribution in [0.15, 0.2) is 12.1 Å². The van der Waals surface area contributed by atoms with E-state index < -0.39 is 5.91 Å².